The highest BCUT2D eigenvalue weighted by atomic mass is 16.6. The van der Waals surface area contributed by atoms with Gasteiger partial charge in [0.05, 0.1) is 12.0 Å². The van der Waals surface area contributed by atoms with Gasteiger partial charge < -0.3 is 15.4 Å². The fraction of sp³-hybridized carbons (Fsp3) is 0.538. The van der Waals surface area contributed by atoms with E-state index in [9.17, 15) is 10.1 Å². The fourth-order valence-electron chi connectivity index (χ4n) is 2.43. The largest absolute Gasteiger partial charge is 0.497 e. The highest BCUT2D eigenvalue weighted by molar-refractivity contribution is 5.66. The second-order valence-electron chi connectivity index (χ2n) is 5.30. The molecule has 0 spiro atoms. The molecule has 1 unspecified atom stereocenters. The smallest absolute Gasteiger partial charge is 0.292 e. The number of benzene rings is 1. The van der Waals surface area contributed by atoms with Crippen molar-refractivity contribution in [3.05, 3.63) is 28.3 Å². The van der Waals surface area contributed by atoms with E-state index in [0.717, 1.165) is 19.5 Å². The van der Waals surface area contributed by atoms with Gasteiger partial charge in [0.25, 0.3) is 5.69 Å². The Bertz CT molecular complexity index is 492. The highest BCUT2D eigenvalue weighted by Crippen LogP contribution is 2.38. The molecule has 1 aromatic rings. The quantitative estimate of drug-likeness (QED) is 0.663. The molecule has 1 fully saturated rings. The van der Waals surface area contributed by atoms with Crippen LogP contribution in [0.4, 0.5) is 11.4 Å². The number of nitrogens with two attached hydrogens (primary N) is 1. The number of hydrogen-bond acceptors (Lipinski definition) is 5. The van der Waals surface area contributed by atoms with Crippen molar-refractivity contribution in [2.75, 3.05) is 31.6 Å². The number of hydrogen-bond donors (Lipinski definition) is 1. The third kappa shape index (κ3) is 2.63. The maximum absolute atomic E-state index is 11.1. The predicted octanol–water partition coefficient (Wildman–Crippen LogP) is 1.78. The lowest BCUT2D eigenvalue weighted by Crippen LogP contribution is -2.31. The SMILES string of the molecule is COc1ccc([N+](=O)[O-])c(N2CCC(C)(CN)C2)c1. The van der Waals surface area contributed by atoms with Gasteiger partial charge in [0.15, 0.2) is 0 Å². The number of ether oxygens (including phenoxy) is 1. The molecule has 1 aliphatic rings. The zero-order valence-electron chi connectivity index (χ0n) is 11.3. The standard InChI is InChI=1S/C13H19N3O3/c1-13(8-14)5-6-15(9-13)12-7-10(19-2)3-4-11(12)16(17)18/h3-4,7H,5-6,8-9,14H2,1-2H3. The second kappa shape index (κ2) is 5.05. The van der Waals surface area contributed by atoms with Crippen LogP contribution in [0.25, 0.3) is 0 Å². The molecular formula is C13H19N3O3. The van der Waals surface area contributed by atoms with Gasteiger partial charge in [0, 0.05) is 25.2 Å². The van der Waals surface area contributed by atoms with Gasteiger partial charge in [0.1, 0.15) is 11.4 Å². The zero-order valence-corrected chi connectivity index (χ0v) is 11.3. The van der Waals surface area contributed by atoms with E-state index in [1.54, 1.807) is 19.2 Å². The van der Waals surface area contributed by atoms with E-state index in [2.05, 4.69) is 6.92 Å². The number of nitro benzene ring substituents is 1. The molecular weight excluding hydrogens is 246 g/mol. The van der Waals surface area contributed by atoms with Crippen LogP contribution >= 0.6 is 0 Å². The van der Waals surface area contributed by atoms with Crippen LogP contribution in [-0.4, -0.2) is 31.7 Å². The Morgan fingerprint density at radius 3 is 2.84 bits per heavy atom. The number of nitro groups is 1. The Morgan fingerprint density at radius 1 is 1.58 bits per heavy atom. The molecule has 2 rings (SSSR count). The average molecular weight is 265 g/mol. The predicted molar refractivity (Wildman–Crippen MR) is 73.6 cm³/mol. The summed E-state index contributed by atoms with van der Waals surface area (Å²) in [5.74, 6) is 0.627. The van der Waals surface area contributed by atoms with Gasteiger partial charge in [-0.2, -0.15) is 0 Å². The Labute approximate surface area is 112 Å². The van der Waals surface area contributed by atoms with Crippen LogP contribution in [0.2, 0.25) is 0 Å². The van der Waals surface area contributed by atoms with Crippen LogP contribution in [-0.2, 0) is 0 Å². The summed E-state index contributed by atoms with van der Waals surface area (Å²) in [6.45, 7) is 4.21. The van der Waals surface area contributed by atoms with Crippen LogP contribution in [0.3, 0.4) is 0 Å². The lowest BCUT2D eigenvalue weighted by Gasteiger charge is -2.23. The molecule has 0 amide bonds. The van der Waals surface area contributed by atoms with Crippen molar-refractivity contribution in [3.63, 3.8) is 0 Å². The summed E-state index contributed by atoms with van der Waals surface area (Å²) in [4.78, 5) is 12.8. The molecule has 0 bridgehead atoms. The first kappa shape index (κ1) is 13.6. The average Bonchev–Trinajstić information content (AvgIpc) is 2.81. The molecule has 0 aliphatic carbocycles. The molecule has 19 heavy (non-hydrogen) atoms. The Hall–Kier alpha value is -1.82. The van der Waals surface area contributed by atoms with Gasteiger partial charge in [0.2, 0.25) is 0 Å². The minimum atomic E-state index is -0.354. The van der Waals surface area contributed by atoms with E-state index in [1.165, 1.54) is 6.07 Å². The molecule has 0 saturated carbocycles. The van der Waals surface area contributed by atoms with Gasteiger partial charge in [-0.25, -0.2) is 0 Å². The number of rotatable bonds is 4. The Balaban J connectivity index is 2.35. The van der Waals surface area contributed by atoms with Crippen molar-refractivity contribution in [2.45, 2.75) is 13.3 Å². The van der Waals surface area contributed by atoms with Gasteiger partial charge in [-0.3, -0.25) is 10.1 Å². The van der Waals surface area contributed by atoms with E-state index in [-0.39, 0.29) is 16.0 Å². The Morgan fingerprint density at radius 2 is 2.32 bits per heavy atom. The van der Waals surface area contributed by atoms with Crippen LogP contribution in [0, 0.1) is 15.5 Å². The summed E-state index contributed by atoms with van der Waals surface area (Å²) in [7, 11) is 1.55. The highest BCUT2D eigenvalue weighted by Gasteiger charge is 2.35. The third-order valence-electron chi connectivity index (χ3n) is 3.77. The molecule has 104 valence electrons. The summed E-state index contributed by atoms with van der Waals surface area (Å²) in [6, 6.07) is 4.83. The topological polar surface area (TPSA) is 81.6 Å². The number of anilines is 1. The van der Waals surface area contributed by atoms with Gasteiger partial charge in [-0.1, -0.05) is 6.92 Å². The summed E-state index contributed by atoms with van der Waals surface area (Å²) in [5, 5.41) is 11.1. The molecule has 6 nitrogen and oxygen atoms in total. The van der Waals surface area contributed by atoms with Gasteiger partial charge >= 0.3 is 0 Å². The van der Waals surface area contributed by atoms with Crippen molar-refractivity contribution in [1.29, 1.82) is 0 Å². The van der Waals surface area contributed by atoms with E-state index >= 15 is 0 Å². The molecule has 1 aliphatic heterocycles. The van der Waals surface area contributed by atoms with Gasteiger partial charge in [-0.15, -0.1) is 0 Å². The second-order valence-corrected chi connectivity index (χ2v) is 5.30. The minimum absolute atomic E-state index is 0.0247. The van der Waals surface area contributed by atoms with Crippen molar-refractivity contribution in [2.24, 2.45) is 11.1 Å². The minimum Gasteiger partial charge on any atom is -0.497 e. The first-order valence-electron chi connectivity index (χ1n) is 6.26. The van der Waals surface area contributed by atoms with Crippen molar-refractivity contribution in [3.8, 4) is 5.75 Å². The summed E-state index contributed by atoms with van der Waals surface area (Å²) in [5.41, 5.74) is 6.53. The monoisotopic (exact) mass is 265 g/mol. The lowest BCUT2D eigenvalue weighted by molar-refractivity contribution is -0.384. The van der Waals surface area contributed by atoms with Gasteiger partial charge in [-0.05, 0) is 24.4 Å². The molecule has 1 atom stereocenters. The maximum Gasteiger partial charge on any atom is 0.292 e. The van der Waals surface area contributed by atoms with E-state index < -0.39 is 0 Å². The molecule has 2 N–H and O–H groups in total. The fourth-order valence-corrected chi connectivity index (χ4v) is 2.43. The van der Waals surface area contributed by atoms with Crippen LogP contribution in [0.5, 0.6) is 5.75 Å². The first-order chi connectivity index (χ1) is 8.99. The normalized spacial score (nSPS) is 22.6. The summed E-state index contributed by atoms with van der Waals surface area (Å²) >= 11 is 0. The molecule has 0 aromatic heterocycles. The van der Waals surface area contributed by atoms with Crippen LogP contribution < -0.4 is 15.4 Å². The molecule has 6 heteroatoms. The third-order valence-corrected chi connectivity index (χ3v) is 3.77. The van der Waals surface area contributed by atoms with Crippen LogP contribution in [0.15, 0.2) is 18.2 Å². The zero-order chi connectivity index (χ0) is 14.0. The van der Waals surface area contributed by atoms with Crippen molar-refractivity contribution >= 4 is 11.4 Å². The molecule has 0 radical (unpaired) electrons. The van der Waals surface area contributed by atoms with E-state index in [1.807, 2.05) is 4.90 Å². The summed E-state index contributed by atoms with van der Waals surface area (Å²) in [6.07, 6.45) is 0.942. The van der Waals surface area contributed by atoms with Crippen LogP contribution in [0.1, 0.15) is 13.3 Å². The number of methoxy groups -OCH3 is 1. The van der Waals surface area contributed by atoms with E-state index in [0.29, 0.717) is 18.0 Å². The van der Waals surface area contributed by atoms with E-state index in [4.69, 9.17) is 10.5 Å². The number of nitrogens with zero attached hydrogens (tertiary/aromatic N) is 2. The summed E-state index contributed by atoms with van der Waals surface area (Å²) < 4.78 is 5.15. The maximum atomic E-state index is 11.1. The molecule has 1 saturated heterocycles. The molecule has 1 aromatic carbocycles. The first-order valence-corrected chi connectivity index (χ1v) is 6.26. The lowest BCUT2D eigenvalue weighted by atomic mass is 9.90. The Kier molecular flexibility index (Phi) is 3.61. The molecule has 1 heterocycles. The van der Waals surface area contributed by atoms with Crippen molar-refractivity contribution < 1.29 is 9.66 Å². The van der Waals surface area contributed by atoms with Crippen molar-refractivity contribution in [1.82, 2.24) is 0 Å².